The van der Waals surface area contributed by atoms with E-state index in [-0.39, 0.29) is 17.2 Å². The maximum Gasteiger partial charge on any atom is 0.245 e. The quantitative estimate of drug-likeness (QED) is 0.372. The van der Waals surface area contributed by atoms with E-state index in [2.05, 4.69) is 58.8 Å². The number of piperidine rings is 1. The number of likely N-dealkylation sites (tertiary alicyclic amines) is 1. The normalized spacial score (nSPS) is 16.8. The standard InChI is InChI=1S/C32H34N4O2/c1-31(2,33)30(38)35-28(19-21-20-34-27-14-8-5-9-22(21)27)29(37)36-17-15-32(16-18-36)25-12-6-3-10-23(25)24-11-4-7-13-26(24)32/h3-14,20,28,34H,15-19,33H2,1-2H3,(H,35,38)/t28-/m1/s1. The molecule has 2 amide bonds. The molecule has 4 aromatic rings. The van der Waals surface area contributed by atoms with Crippen LogP contribution in [0, 0.1) is 0 Å². The van der Waals surface area contributed by atoms with Crippen LogP contribution in [0.1, 0.15) is 43.4 Å². The lowest BCUT2D eigenvalue weighted by Crippen LogP contribution is -2.58. The predicted octanol–water partition coefficient (Wildman–Crippen LogP) is 4.52. The van der Waals surface area contributed by atoms with Gasteiger partial charge in [0, 0.05) is 42.0 Å². The average Bonchev–Trinajstić information content (AvgIpc) is 3.45. The summed E-state index contributed by atoms with van der Waals surface area (Å²) in [6.07, 6.45) is 4.03. The van der Waals surface area contributed by atoms with E-state index >= 15 is 0 Å². The van der Waals surface area contributed by atoms with E-state index in [1.54, 1.807) is 13.8 Å². The van der Waals surface area contributed by atoms with Gasteiger partial charge in [0.15, 0.2) is 0 Å². The van der Waals surface area contributed by atoms with Crippen LogP contribution in [-0.4, -0.2) is 46.4 Å². The summed E-state index contributed by atoms with van der Waals surface area (Å²) in [5, 5.41) is 4.04. The Morgan fingerprint density at radius 2 is 1.53 bits per heavy atom. The molecule has 1 spiro atoms. The lowest BCUT2D eigenvalue weighted by atomic mass is 9.71. The molecule has 6 nitrogen and oxygen atoms in total. The molecule has 0 radical (unpaired) electrons. The SMILES string of the molecule is CC(C)(N)C(=O)N[C@H](Cc1c[nH]c2ccccc12)C(=O)N1CCC2(CC1)c1ccccc1-c1ccccc12. The maximum atomic E-state index is 14.0. The highest BCUT2D eigenvalue weighted by molar-refractivity contribution is 5.93. The smallest absolute Gasteiger partial charge is 0.245 e. The number of aromatic nitrogens is 1. The van der Waals surface area contributed by atoms with E-state index in [0.29, 0.717) is 19.5 Å². The van der Waals surface area contributed by atoms with Crippen LogP contribution in [0.15, 0.2) is 79.0 Å². The molecule has 0 unspecified atom stereocenters. The fourth-order valence-electron chi connectivity index (χ4n) is 6.35. The number of nitrogens with zero attached hydrogens (tertiary/aromatic N) is 1. The molecule has 38 heavy (non-hydrogen) atoms. The Bertz CT molecular complexity index is 1470. The highest BCUT2D eigenvalue weighted by atomic mass is 16.2. The summed E-state index contributed by atoms with van der Waals surface area (Å²) in [6.45, 7) is 4.59. The van der Waals surface area contributed by atoms with Crippen LogP contribution in [0.25, 0.3) is 22.0 Å². The number of hydrogen-bond donors (Lipinski definition) is 3. The van der Waals surface area contributed by atoms with E-state index in [9.17, 15) is 9.59 Å². The Morgan fingerprint density at radius 3 is 2.16 bits per heavy atom. The molecule has 1 atom stereocenters. The molecule has 1 aliphatic heterocycles. The Balaban J connectivity index is 1.27. The third kappa shape index (κ3) is 4.00. The zero-order valence-electron chi connectivity index (χ0n) is 22.0. The highest BCUT2D eigenvalue weighted by Crippen LogP contribution is 2.53. The summed E-state index contributed by atoms with van der Waals surface area (Å²) in [5.74, 6) is -0.384. The maximum absolute atomic E-state index is 14.0. The van der Waals surface area contributed by atoms with Crippen LogP contribution in [0.2, 0.25) is 0 Å². The van der Waals surface area contributed by atoms with Crippen molar-refractivity contribution in [3.63, 3.8) is 0 Å². The topological polar surface area (TPSA) is 91.2 Å². The largest absolute Gasteiger partial charge is 0.361 e. The first kappa shape index (κ1) is 24.4. The number of para-hydroxylation sites is 1. The number of carbonyl (C=O) groups excluding carboxylic acids is 2. The molecule has 6 rings (SSSR count). The molecule has 3 aromatic carbocycles. The molecule has 0 bridgehead atoms. The molecular weight excluding hydrogens is 472 g/mol. The van der Waals surface area contributed by atoms with Crippen molar-refractivity contribution in [1.29, 1.82) is 0 Å². The second kappa shape index (κ2) is 9.14. The van der Waals surface area contributed by atoms with Crippen LogP contribution >= 0.6 is 0 Å². The van der Waals surface area contributed by atoms with Gasteiger partial charge < -0.3 is 20.9 Å². The molecule has 1 aromatic heterocycles. The van der Waals surface area contributed by atoms with Crippen molar-refractivity contribution in [2.45, 2.75) is 50.1 Å². The summed E-state index contributed by atoms with van der Waals surface area (Å²) >= 11 is 0. The highest BCUT2D eigenvalue weighted by Gasteiger charge is 2.46. The van der Waals surface area contributed by atoms with E-state index in [1.807, 2.05) is 35.4 Å². The molecular formula is C32H34N4O2. The number of hydrogen-bond acceptors (Lipinski definition) is 3. The van der Waals surface area contributed by atoms with Gasteiger partial charge >= 0.3 is 0 Å². The van der Waals surface area contributed by atoms with Gasteiger partial charge in [0.25, 0.3) is 0 Å². The Kier molecular flexibility index (Phi) is 5.88. The number of aromatic amines is 1. The lowest BCUT2D eigenvalue weighted by Gasteiger charge is -2.42. The molecule has 4 N–H and O–H groups in total. The van der Waals surface area contributed by atoms with Gasteiger partial charge in [-0.15, -0.1) is 0 Å². The van der Waals surface area contributed by atoms with Crippen molar-refractivity contribution in [3.05, 3.63) is 95.7 Å². The molecule has 2 aliphatic rings. The van der Waals surface area contributed by atoms with Crippen LogP contribution in [0.5, 0.6) is 0 Å². The first-order valence-electron chi connectivity index (χ1n) is 13.4. The van der Waals surface area contributed by atoms with Crippen molar-refractivity contribution in [1.82, 2.24) is 15.2 Å². The minimum Gasteiger partial charge on any atom is -0.361 e. The summed E-state index contributed by atoms with van der Waals surface area (Å²) < 4.78 is 0. The molecule has 194 valence electrons. The van der Waals surface area contributed by atoms with Crippen LogP contribution in [0.3, 0.4) is 0 Å². The first-order chi connectivity index (χ1) is 18.3. The summed E-state index contributed by atoms with van der Waals surface area (Å²) in [7, 11) is 0. The Hall–Kier alpha value is -3.90. The summed E-state index contributed by atoms with van der Waals surface area (Å²) in [4.78, 5) is 32.1. The minimum atomic E-state index is -1.08. The van der Waals surface area contributed by atoms with Gasteiger partial charge in [0.2, 0.25) is 11.8 Å². The number of amides is 2. The third-order valence-corrected chi connectivity index (χ3v) is 8.39. The van der Waals surface area contributed by atoms with Gasteiger partial charge in [0.1, 0.15) is 6.04 Å². The number of H-pyrrole nitrogens is 1. The van der Waals surface area contributed by atoms with Crippen molar-refractivity contribution in [3.8, 4) is 11.1 Å². The van der Waals surface area contributed by atoms with Gasteiger partial charge in [-0.25, -0.2) is 0 Å². The molecule has 1 aliphatic carbocycles. The number of benzene rings is 3. The minimum absolute atomic E-state index is 0.0534. The Morgan fingerprint density at radius 1 is 0.947 bits per heavy atom. The van der Waals surface area contributed by atoms with Gasteiger partial charge in [0.05, 0.1) is 5.54 Å². The molecule has 6 heteroatoms. The van der Waals surface area contributed by atoms with Gasteiger partial charge in [-0.3, -0.25) is 9.59 Å². The van der Waals surface area contributed by atoms with Gasteiger partial charge in [-0.2, -0.15) is 0 Å². The van der Waals surface area contributed by atoms with E-state index < -0.39 is 11.6 Å². The molecule has 1 fully saturated rings. The van der Waals surface area contributed by atoms with Gasteiger partial charge in [-0.1, -0.05) is 66.7 Å². The number of carbonyl (C=O) groups is 2. The van der Waals surface area contributed by atoms with Gasteiger partial charge in [-0.05, 0) is 60.6 Å². The third-order valence-electron chi connectivity index (χ3n) is 8.39. The monoisotopic (exact) mass is 506 g/mol. The Labute approximate surface area is 223 Å². The van der Waals surface area contributed by atoms with Crippen molar-refractivity contribution >= 4 is 22.7 Å². The average molecular weight is 507 g/mol. The zero-order valence-corrected chi connectivity index (χ0v) is 22.0. The second-order valence-corrected chi connectivity index (χ2v) is 11.3. The van der Waals surface area contributed by atoms with E-state index in [0.717, 1.165) is 29.3 Å². The first-order valence-corrected chi connectivity index (χ1v) is 13.4. The van der Waals surface area contributed by atoms with Crippen LogP contribution < -0.4 is 11.1 Å². The predicted molar refractivity (Wildman–Crippen MR) is 151 cm³/mol. The summed E-state index contributed by atoms with van der Waals surface area (Å²) in [6, 6.07) is 24.7. The lowest BCUT2D eigenvalue weighted by molar-refractivity contribution is -0.138. The fraction of sp³-hybridized carbons (Fsp3) is 0.312. The molecule has 2 heterocycles. The summed E-state index contributed by atoms with van der Waals surface area (Å²) in [5.41, 5.74) is 12.3. The van der Waals surface area contributed by atoms with Crippen molar-refractivity contribution in [2.75, 3.05) is 13.1 Å². The van der Waals surface area contributed by atoms with Crippen LogP contribution in [-0.2, 0) is 21.4 Å². The van der Waals surface area contributed by atoms with Crippen molar-refractivity contribution < 1.29 is 9.59 Å². The van der Waals surface area contributed by atoms with E-state index in [1.165, 1.54) is 22.3 Å². The molecule has 0 saturated carbocycles. The number of fused-ring (bicyclic) bond motifs is 6. The second-order valence-electron chi connectivity index (χ2n) is 11.3. The molecule has 1 saturated heterocycles. The fourth-order valence-corrected chi connectivity index (χ4v) is 6.35. The number of nitrogens with two attached hydrogens (primary N) is 1. The van der Waals surface area contributed by atoms with Crippen LogP contribution in [0.4, 0.5) is 0 Å². The number of nitrogens with one attached hydrogen (secondary N) is 2. The van der Waals surface area contributed by atoms with E-state index in [4.69, 9.17) is 5.73 Å². The zero-order chi connectivity index (χ0) is 26.5. The number of rotatable bonds is 5. The van der Waals surface area contributed by atoms with Crippen molar-refractivity contribution in [2.24, 2.45) is 5.73 Å².